The number of benzene rings is 2. The maximum Gasteiger partial charge on any atom is 0.410 e. The minimum absolute atomic E-state index is 0.0165. The van der Waals surface area contributed by atoms with Crippen LogP contribution in [0.25, 0.3) is 11.4 Å². The molecule has 4 aromatic heterocycles. The lowest BCUT2D eigenvalue weighted by atomic mass is 10.2. The van der Waals surface area contributed by atoms with Gasteiger partial charge in [0.1, 0.15) is 5.60 Å². The van der Waals surface area contributed by atoms with Crippen molar-refractivity contribution >= 4 is 60.9 Å². The number of amides is 1. The van der Waals surface area contributed by atoms with E-state index in [2.05, 4.69) is 25.5 Å². The van der Waals surface area contributed by atoms with Crippen molar-refractivity contribution in [1.82, 2.24) is 39.7 Å². The number of rotatable bonds is 14. The fourth-order valence-corrected chi connectivity index (χ4v) is 8.57. The van der Waals surface area contributed by atoms with Gasteiger partial charge in [0.25, 0.3) is 0 Å². The van der Waals surface area contributed by atoms with Crippen LogP contribution in [0.3, 0.4) is 0 Å². The molecule has 0 unspecified atom stereocenters. The Labute approximate surface area is 396 Å². The summed E-state index contributed by atoms with van der Waals surface area (Å²) in [6.45, 7) is 5.73. The Morgan fingerprint density at radius 2 is 1.13 bits per heavy atom. The largest absolute Gasteiger partial charge is 0.481 e. The zero-order chi connectivity index (χ0) is 49.7. The van der Waals surface area contributed by atoms with E-state index >= 15 is 0 Å². The number of carboxylic acids is 2. The molecule has 356 valence electrons. The molecule has 1 amide bonds. The molecule has 6 rings (SSSR count). The Kier molecular flexibility index (Phi) is 18.2. The molecule has 0 saturated heterocycles. The van der Waals surface area contributed by atoms with Crippen LogP contribution in [-0.2, 0) is 47.1 Å². The van der Waals surface area contributed by atoms with Gasteiger partial charge in [-0.25, -0.2) is 50.6 Å². The number of methoxy groups -OCH3 is 2. The van der Waals surface area contributed by atoms with Crippen LogP contribution in [0.1, 0.15) is 32.2 Å². The van der Waals surface area contributed by atoms with Crippen molar-refractivity contribution in [2.24, 2.45) is 0 Å². The van der Waals surface area contributed by atoms with Crippen molar-refractivity contribution in [3.05, 3.63) is 131 Å². The van der Waals surface area contributed by atoms with Gasteiger partial charge in [-0.1, -0.05) is 47.5 Å². The third-order valence-corrected chi connectivity index (χ3v) is 12.5. The minimum atomic E-state index is -4.03. The van der Waals surface area contributed by atoms with E-state index < -0.39 is 43.3 Å². The summed E-state index contributed by atoms with van der Waals surface area (Å²) in [6, 6.07) is 22.4. The molecule has 0 aliphatic heterocycles. The maximum absolute atomic E-state index is 13.5. The smallest absolute Gasteiger partial charge is 0.410 e. The summed E-state index contributed by atoms with van der Waals surface area (Å²) in [7, 11) is -1.68. The number of halogens is 2. The molecule has 4 heterocycles. The first-order valence-corrected chi connectivity index (χ1v) is 23.1. The molecule has 0 radical (unpaired) electrons. The van der Waals surface area contributed by atoms with Gasteiger partial charge in [-0.2, -0.15) is 10.2 Å². The van der Waals surface area contributed by atoms with Gasteiger partial charge in [0, 0.05) is 62.4 Å². The van der Waals surface area contributed by atoms with E-state index in [1.165, 1.54) is 77.3 Å². The van der Waals surface area contributed by atoms with Crippen LogP contribution < -0.4 is 14.8 Å². The standard InChI is InChI=1S/C22H25ClN4O5S.C17H17ClN4O3S.C4H4O4/c1-22(2,3)32-21(28)26(4)14-15-12-20(27(25-15)18-9-7-6-8-17(18)23)33(29,30)16-10-11-19(31-5)24-13-16;1-19-10-12-9-17(22(21-12)15-6-4-3-5-14(15)18)26(23,24)13-7-8-16(25-2)20-11-13;5-3(6)1-2-4(7)8/h6-13H,14H2,1-5H3;3-9,11,19H,10H2,1-2H3;1-2H,(H,5,6)(H,7,8)/b;;2-1+. The number of aliphatic carboxylic acids is 2. The predicted octanol–water partition coefficient (Wildman–Crippen LogP) is 6.32. The quantitative estimate of drug-likeness (QED) is 0.101. The molecule has 24 heteroatoms. The van der Waals surface area contributed by atoms with E-state index in [0.29, 0.717) is 57.4 Å². The molecule has 6 aromatic rings. The van der Waals surface area contributed by atoms with Crippen molar-refractivity contribution < 1.29 is 55.6 Å². The zero-order valence-corrected chi connectivity index (χ0v) is 40.1. The Balaban J connectivity index is 0.000000256. The molecule has 0 aliphatic rings. The molecule has 0 spiro atoms. The number of pyridine rings is 2. The Bertz CT molecular complexity index is 2920. The summed E-state index contributed by atoms with van der Waals surface area (Å²) < 4.78 is 71.2. The number of hydrogen-bond donors (Lipinski definition) is 3. The first-order chi connectivity index (χ1) is 31.5. The van der Waals surface area contributed by atoms with E-state index in [0.717, 1.165) is 0 Å². The number of aromatic nitrogens is 6. The molecule has 0 atom stereocenters. The van der Waals surface area contributed by atoms with Gasteiger partial charge in [0.05, 0.1) is 63.4 Å². The van der Waals surface area contributed by atoms with E-state index in [4.69, 9.17) is 47.6 Å². The first-order valence-electron chi connectivity index (χ1n) is 19.4. The van der Waals surface area contributed by atoms with Crippen molar-refractivity contribution in [1.29, 1.82) is 0 Å². The summed E-state index contributed by atoms with van der Waals surface area (Å²) >= 11 is 12.6. The van der Waals surface area contributed by atoms with Gasteiger partial charge in [-0.3, -0.25) is 0 Å². The highest BCUT2D eigenvalue weighted by Gasteiger charge is 2.29. The second-order valence-electron chi connectivity index (χ2n) is 14.6. The third-order valence-electron chi connectivity index (χ3n) is 8.45. The van der Waals surface area contributed by atoms with E-state index in [-0.39, 0.29) is 32.3 Å². The van der Waals surface area contributed by atoms with E-state index in [1.54, 1.807) is 83.4 Å². The molecule has 3 N–H and O–H groups in total. The molecule has 0 bridgehead atoms. The summed E-state index contributed by atoms with van der Waals surface area (Å²) in [4.78, 5) is 40.8. The van der Waals surface area contributed by atoms with Crippen LogP contribution >= 0.6 is 23.2 Å². The number of sulfone groups is 2. The van der Waals surface area contributed by atoms with Crippen LogP contribution in [-0.4, -0.2) is 113 Å². The topological polar surface area (TPSA) is 264 Å². The molecule has 0 fully saturated rings. The number of nitrogens with one attached hydrogen (secondary N) is 1. The summed E-state index contributed by atoms with van der Waals surface area (Å²) in [5.74, 6) is -1.90. The normalized spacial score (nSPS) is 11.4. The monoisotopic (exact) mass is 1000 g/mol. The average molecular weight is 1000 g/mol. The van der Waals surface area contributed by atoms with Crippen molar-refractivity contribution in [3.63, 3.8) is 0 Å². The van der Waals surface area contributed by atoms with Crippen molar-refractivity contribution in [3.8, 4) is 23.1 Å². The molecular weight excluding hydrogens is 956 g/mol. The Hall–Kier alpha value is -6.85. The van der Waals surface area contributed by atoms with Crippen LogP contribution in [0.5, 0.6) is 11.8 Å². The molecule has 0 saturated carbocycles. The highest BCUT2D eigenvalue weighted by atomic mass is 35.5. The summed E-state index contributed by atoms with van der Waals surface area (Å²) in [5.41, 5.74) is 1.11. The number of carbonyl (C=O) groups is 3. The van der Waals surface area contributed by atoms with Crippen LogP contribution in [0.2, 0.25) is 10.0 Å². The fourth-order valence-electron chi connectivity index (χ4n) is 5.46. The van der Waals surface area contributed by atoms with Crippen LogP contribution in [0, 0.1) is 0 Å². The lowest BCUT2D eigenvalue weighted by Gasteiger charge is -2.24. The summed E-state index contributed by atoms with van der Waals surface area (Å²) in [6.07, 6.45) is 3.03. The zero-order valence-electron chi connectivity index (χ0n) is 37.0. The second-order valence-corrected chi connectivity index (χ2v) is 19.2. The van der Waals surface area contributed by atoms with Gasteiger partial charge in [0.15, 0.2) is 10.1 Å². The maximum atomic E-state index is 13.5. The van der Waals surface area contributed by atoms with Crippen molar-refractivity contribution in [2.75, 3.05) is 28.3 Å². The molecule has 0 aliphatic carbocycles. The first kappa shape index (κ1) is 52.8. The highest BCUT2D eigenvalue weighted by molar-refractivity contribution is 7.91. The number of ether oxygens (including phenoxy) is 3. The minimum Gasteiger partial charge on any atom is -0.481 e. The van der Waals surface area contributed by atoms with E-state index in [1.807, 2.05) is 0 Å². The SMILES string of the molecule is CNCc1cc(S(=O)(=O)c2ccc(OC)nc2)n(-c2ccccc2Cl)n1.COc1ccc(S(=O)(=O)c2cc(CN(C)C(=O)OC(C)(C)C)nn2-c2ccccc2Cl)cn1.O=C(O)/C=C/C(=O)O. The number of hydrogen-bond acceptors (Lipinski definition) is 15. The number of carbonyl (C=O) groups excluding carboxylic acids is 1. The predicted molar refractivity (Wildman–Crippen MR) is 245 cm³/mol. The van der Waals surface area contributed by atoms with Gasteiger partial charge in [-0.15, -0.1) is 0 Å². The molecule has 20 nitrogen and oxygen atoms in total. The Morgan fingerprint density at radius 1 is 0.716 bits per heavy atom. The van der Waals surface area contributed by atoms with Gasteiger partial charge in [0.2, 0.25) is 31.4 Å². The fraction of sp³-hybridized carbons (Fsp3) is 0.233. The number of para-hydroxylation sites is 2. The summed E-state index contributed by atoms with van der Waals surface area (Å²) in [5, 5.41) is 28.1. The lowest BCUT2D eigenvalue weighted by Crippen LogP contribution is -2.33. The van der Waals surface area contributed by atoms with Gasteiger partial charge >= 0.3 is 18.0 Å². The van der Waals surface area contributed by atoms with Gasteiger partial charge in [-0.05, 0) is 64.2 Å². The Morgan fingerprint density at radius 3 is 1.49 bits per heavy atom. The van der Waals surface area contributed by atoms with Crippen molar-refractivity contribution in [2.45, 2.75) is 59.3 Å². The molecule has 2 aromatic carbocycles. The number of carboxylic acid groups (broad SMARTS) is 2. The second kappa shape index (κ2) is 23.1. The van der Waals surface area contributed by atoms with Crippen LogP contribution in [0.4, 0.5) is 4.79 Å². The lowest BCUT2D eigenvalue weighted by molar-refractivity contribution is -0.134. The number of nitrogens with zero attached hydrogens (tertiary/aromatic N) is 7. The molecular formula is C43H46Cl2N8O12S2. The highest BCUT2D eigenvalue weighted by Crippen LogP contribution is 2.30. The average Bonchev–Trinajstić information content (AvgIpc) is 3.91. The van der Waals surface area contributed by atoms with Crippen LogP contribution in [0.15, 0.2) is 129 Å². The molecule has 67 heavy (non-hydrogen) atoms. The third kappa shape index (κ3) is 14.3. The van der Waals surface area contributed by atoms with E-state index in [9.17, 15) is 31.2 Å². The van der Waals surface area contributed by atoms with Gasteiger partial charge < -0.3 is 34.6 Å².